The van der Waals surface area contributed by atoms with Crippen LogP contribution in [0.25, 0.3) is 88.6 Å². The summed E-state index contributed by atoms with van der Waals surface area (Å²) in [4.78, 5) is 9.52. The van der Waals surface area contributed by atoms with Crippen LogP contribution in [0.15, 0.2) is 138 Å². The van der Waals surface area contributed by atoms with E-state index in [-0.39, 0.29) is 0 Å². The van der Waals surface area contributed by atoms with E-state index in [1.165, 1.54) is 27.8 Å². The first-order valence-corrected chi connectivity index (χ1v) is 13.8. The molecule has 0 saturated heterocycles. The summed E-state index contributed by atoms with van der Waals surface area (Å²) in [5, 5.41) is 2.27. The molecule has 41 heavy (non-hydrogen) atoms. The molecular weight excluding hydrogens is 500 g/mol. The Labute approximate surface area is 236 Å². The molecule has 0 atom stereocenters. The monoisotopic (exact) mass is 522 g/mol. The van der Waals surface area contributed by atoms with Gasteiger partial charge in [-0.1, -0.05) is 103 Å². The molecule has 2 heterocycles. The van der Waals surface area contributed by atoms with Gasteiger partial charge in [0.15, 0.2) is 0 Å². The van der Waals surface area contributed by atoms with Crippen LogP contribution >= 0.6 is 0 Å². The summed E-state index contributed by atoms with van der Waals surface area (Å²) in [7, 11) is 0. The van der Waals surface area contributed by atoms with Crippen LogP contribution in [0.4, 0.5) is 0 Å². The molecule has 0 bridgehead atoms. The highest BCUT2D eigenvalue weighted by Gasteiger charge is 2.25. The standard InChI is InChI=1S/C38H22N2O/c1-3-10-27-25(8-1)26-9-2-4-11-28(26)33-22-23(24-13-7-14-32-29-12-5-6-15-35(29)41-38(24)32)16-17-31(33)36-30(27)18-19-34-37(36)40-21-20-39-34/h1-22H. The Morgan fingerprint density at radius 3 is 1.90 bits per heavy atom. The number of para-hydroxylation sites is 2. The van der Waals surface area contributed by atoms with E-state index >= 15 is 0 Å². The summed E-state index contributed by atoms with van der Waals surface area (Å²) in [6.45, 7) is 0. The number of rotatable bonds is 1. The molecule has 2 aromatic heterocycles. The van der Waals surface area contributed by atoms with Crippen molar-refractivity contribution >= 4 is 33.0 Å². The molecule has 190 valence electrons. The van der Waals surface area contributed by atoms with Crippen LogP contribution in [-0.2, 0) is 0 Å². The zero-order chi connectivity index (χ0) is 26.9. The lowest BCUT2D eigenvalue weighted by Crippen LogP contribution is -1.99. The van der Waals surface area contributed by atoms with Crippen molar-refractivity contribution in [2.45, 2.75) is 0 Å². The minimum atomic E-state index is 0.889. The number of aromatic nitrogens is 2. The summed E-state index contributed by atoms with van der Waals surface area (Å²) >= 11 is 0. The maximum absolute atomic E-state index is 6.44. The van der Waals surface area contributed by atoms with Crippen molar-refractivity contribution in [1.29, 1.82) is 0 Å². The molecule has 0 spiro atoms. The van der Waals surface area contributed by atoms with Gasteiger partial charge >= 0.3 is 0 Å². The van der Waals surface area contributed by atoms with E-state index in [9.17, 15) is 0 Å². The number of benzene rings is 6. The number of hydrogen-bond donors (Lipinski definition) is 0. The van der Waals surface area contributed by atoms with Gasteiger partial charge < -0.3 is 4.42 Å². The molecule has 8 aromatic rings. The summed E-state index contributed by atoms with van der Waals surface area (Å²) in [6.07, 6.45) is 3.55. The van der Waals surface area contributed by atoms with E-state index in [2.05, 4.69) is 114 Å². The van der Waals surface area contributed by atoms with Crippen LogP contribution in [-0.4, -0.2) is 9.97 Å². The Morgan fingerprint density at radius 2 is 1.07 bits per heavy atom. The van der Waals surface area contributed by atoms with Crippen LogP contribution < -0.4 is 0 Å². The van der Waals surface area contributed by atoms with Crippen molar-refractivity contribution < 1.29 is 4.42 Å². The van der Waals surface area contributed by atoms with Crippen LogP contribution in [0.2, 0.25) is 0 Å². The van der Waals surface area contributed by atoms with E-state index in [1.54, 1.807) is 12.4 Å². The second kappa shape index (κ2) is 8.48. The highest BCUT2D eigenvalue weighted by atomic mass is 16.3. The maximum atomic E-state index is 6.44. The third kappa shape index (κ3) is 3.20. The zero-order valence-electron chi connectivity index (χ0n) is 22.0. The van der Waals surface area contributed by atoms with E-state index in [1.807, 2.05) is 12.1 Å². The average Bonchev–Trinajstić information content (AvgIpc) is 3.42. The third-order valence-electron chi connectivity index (χ3n) is 8.37. The lowest BCUT2D eigenvalue weighted by atomic mass is 9.79. The summed E-state index contributed by atoms with van der Waals surface area (Å²) in [5.41, 5.74) is 15.2. The van der Waals surface area contributed by atoms with Crippen LogP contribution in [0.3, 0.4) is 0 Å². The summed E-state index contributed by atoms with van der Waals surface area (Å²) in [5.74, 6) is 0. The highest BCUT2D eigenvalue weighted by molar-refractivity contribution is 6.12. The first-order chi connectivity index (χ1) is 20.3. The van der Waals surface area contributed by atoms with Crippen molar-refractivity contribution in [3.63, 3.8) is 0 Å². The Balaban J connectivity index is 1.41. The zero-order valence-corrected chi connectivity index (χ0v) is 22.0. The molecule has 0 fully saturated rings. The van der Waals surface area contributed by atoms with Crippen molar-refractivity contribution in [1.82, 2.24) is 9.97 Å². The van der Waals surface area contributed by atoms with Crippen LogP contribution in [0.5, 0.6) is 0 Å². The Kier molecular flexibility index (Phi) is 4.61. The second-order valence-electron chi connectivity index (χ2n) is 10.5. The molecule has 0 N–H and O–H groups in total. The van der Waals surface area contributed by atoms with Gasteiger partial charge in [-0.15, -0.1) is 0 Å². The molecule has 0 aliphatic heterocycles. The number of nitrogens with zero attached hydrogens (tertiary/aromatic N) is 2. The Morgan fingerprint density at radius 1 is 0.439 bits per heavy atom. The van der Waals surface area contributed by atoms with Crippen molar-refractivity contribution in [3.05, 3.63) is 134 Å². The van der Waals surface area contributed by atoms with Gasteiger partial charge in [-0.2, -0.15) is 0 Å². The first-order valence-electron chi connectivity index (χ1n) is 13.8. The van der Waals surface area contributed by atoms with Gasteiger partial charge in [0.2, 0.25) is 0 Å². The van der Waals surface area contributed by atoms with Crippen molar-refractivity contribution in [2.75, 3.05) is 0 Å². The van der Waals surface area contributed by atoms with Gasteiger partial charge in [0, 0.05) is 34.3 Å². The van der Waals surface area contributed by atoms with Gasteiger partial charge in [0.05, 0.1) is 11.0 Å². The predicted molar refractivity (Wildman–Crippen MR) is 168 cm³/mol. The topological polar surface area (TPSA) is 38.9 Å². The fraction of sp³-hybridized carbons (Fsp3) is 0. The number of furan rings is 1. The maximum Gasteiger partial charge on any atom is 0.143 e. The molecule has 0 unspecified atom stereocenters. The summed E-state index contributed by atoms with van der Waals surface area (Å²) < 4.78 is 6.44. The number of hydrogen-bond acceptors (Lipinski definition) is 3. The van der Waals surface area contributed by atoms with E-state index < -0.39 is 0 Å². The fourth-order valence-corrected chi connectivity index (χ4v) is 6.57. The molecule has 3 nitrogen and oxygen atoms in total. The molecule has 1 aliphatic rings. The molecule has 0 amide bonds. The van der Waals surface area contributed by atoms with Gasteiger partial charge in [0.1, 0.15) is 11.2 Å². The third-order valence-corrected chi connectivity index (χ3v) is 8.37. The normalized spacial score (nSPS) is 11.9. The first kappa shape index (κ1) is 22.3. The molecule has 0 saturated carbocycles. The molecule has 0 radical (unpaired) electrons. The fourth-order valence-electron chi connectivity index (χ4n) is 6.57. The van der Waals surface area contributed by atoms with Crippen LogP contribution in [0.1, 0.15) is 0 Å². The summed E-state index contributed by atoms with van der Waals surface area (Å²) in [6, 6.07) is 43.2. The highest BCUT2D eigenvalue weighted by Crippen LogP contribution is 2.50. The van der Waals surface area contributed by atoms with E-state index in [4.69, 9.17) is 9.40 Å². The van der Waals surface area contributed by atoms with Crippen molar-refractivity contribution in [3.8, 4) is 55.6 Å². The molecule has 6 aromatic carbocycles. The lowest BCUT2D eigenvalue weighted by molar-refractivity contribution is 0.670. The van der Waals surface area contributed by atoms with E-state index in [0.29, 0.717) is 0 Å². The quantitative estimate of drug-likeness (QED) is 0.215. The minimum absolute atomic E-state index is 0.889. The second-order valence-corrected chi connectivity index (χ2v) is 10.5. The Bertz CT molecular complexity index is 2330. The van der Waals surface area contributed by atoms with Gasteiger partial charge in [-0.3, -0.25) is 9.97 Å². The molecule has 9 rings (SSSR count). The molecular formula is C38H22N2O. The molecule has 1 aliphatic carbocycles. The predicted octanol–water partition coefficient (Wildman–Crippen LogP) is 10.2. The Hall–Kier alpha value is -5.54. The van der Waals surface area contributed by atoms with Crippen LogP contribution in [0, 0.1) is 0 Å². The van der Waals surface area contributed by atoms with Gasteiger partial charge in [-0.05, 0) is 62.7 Å². The lowest BCUT2D eigenvalue weighted by Gasteiger charge is -2.24. The number of fused-ring (bicyclic) bond motifs is 13. The van der Waals surface area contributed by atoms with Gasteiger partial charge in [0.25, 0.3) is 0 Å². The average molecular weight is 523 g/mol. The SMILES string of the molecule is c1ccc2c(c1)-c1ccccc1-c1ccc3nccnc3c1-c1ccc(-c3cccc4c3oc3ccccc34)cc1-2. The van der Waals surface area contributed by atoms with Crippen molar-refractivity contribution in [2.24, 2.45) is 0 Å². The minimum Gasteiger partial charge on any atom is -0.455 e. The largest absolute Gasteiger partial charge is 0.455 e. The molecule has 3 heteroatoms. The van der Waals surface area contributed by atoms with Gasteiger partial charge in [-0.25, -0.2) is 0 Å². The smallest absolute Gasteiger partial charge is 0.143 e. The van der Waals surface area contributed by atoms with E-state index in [0.717, 1.165) is 60.8 Å².